The van der Waals surface area contributed by atoms with Crippen LogP contribution >= 0.6 is 35.4 Å². The molecule has 0 aliphatic rings. The van der Waals surface area contributed by atoms with E-state index in [0.717, 1.165) is 0 Å². The first kappa shape index (κ1) is 11.3. The molecule has 1 heterocycles. The summed E-state index contributed by atoms with van der Waals surface area (Å²) in [6.07, 6.45) is 3.41. The minimum atomic E-state index is 0.459. The van der Waals surface area contributed by atoms with Crippen LogP contribution in [0.5, 0.6) is 0 Å². The lowest BCUT2D eigenvalue weighted by Gasteiger charge is -2.07. The molecule has 0 radical (unpaired) electrons. The highest BCUT2D eigenvalue weighted by Crippen LogP contribution is 2.32. The van der Waals surface area contributed by atoms with E-state index in [9.17, 15) is 0 Å². The zero-order chi connectivity index (χ0) is 11.5. The lowest BCUT2D eigenvalue weighted by molar-refractivity contribution is 0.881. The van der Waals surface area contributed by atoms with Gasteiger partial charge in [0.25, 0.3) is 0 Å². The van der Waals surface area contributed by atoms with E-state index in [0.29, 0.717) is 21.4 Å². The SMILES string of the molecule is S=C=Nc1cc(Cl)c(-n2cccn2)c(Cl)c1. The van der Waals surface area contributed by atoms with E-state index < -0.39 is 0 Å². The van der Waals surface area contributed by atoms with Gasteiger partial charge in [0.1, 0.15) is 5.69 Å². The molecule has 80 valence electrons. The minimum absolute atomic E-state index is 0.459. The van der Waals surface area contributed by atoms with Gasteiger partial charge in [-0.1, -0.05) is 23.2 Å². The van der Waals surface area contributed by atoms with Crippen LogP contribution in [0.25, 0.3) is 5.69 Å². The molecule has 2 aromatic rings. The van der Waals surface area contributed by atoms with Gasteiger partial charge in [0.05, 0.1) is 20.9 Å². The second-order valence-corrected chi connectivity index (χ2v) is 3.91. The van der Waals surface area contributed by atoms with Crippen molar-refractivity contribution >= 4 is 46.3 Å². The van der Waals surface area contributed by atoms with Gasteiger partial charge in [0.15, 0.2) is 0 Å². The maximum Gasteiger partial charge on any atom is 0.102 e. The number of benzene rings is 1. The smallest absolute Gasteiger partial charge is 0.102 e. The van der Waals surface area contributed by atoms with Gasteiger partial charge in [-0.2, -0.15) is 10.1 Å². The lowest BCUT2D eigenvalue weighted by atomic mass is 10.3. The first-order valence-corrected chi connectivity index (χ1v) is 5.45. The molecule has 0 aliphatic carbocycles. The van der Waals surface area contributed by atoms with Gasteiger partial charge in [-0.05, 0) is 30.4 Å². The number of aliphatic imine (C=N–C) groups is 1. The van der Waals surface area contributed by atoms with Crippen LogP contribution < -0.4 is 0 Å². The van der Waals surface area contributed by atoms with E-state index in [1.165, 1.54) is 0 Å². The molecule has 0 saturated heterocycles. The third-order valence-corrected chi connectivity index (χ3v) is 2.58. The second-order valence-electron chi connectivity index (χ2n) is 2.91. The summed E-state index contributed by atoms with van der Waals surface area (Å²) in [5, 5.41) is 7.24. The molecule has 0 saturated carbocycles. The Bertz CT molecular complexity index is 536. The van der Waals surface area contributed by atoms with Crippen molar-refractivity contribution in [3.05, 3.63) is 40.6 Å². The molecule has 16 heavy (non-hydrogen) atoms. The maximum absolute atomic E-state index is 6.09. The van der Waals surface area contributed by atoms with Crippen LogP contribution in [0.3, 0.4) is 0 Å². The summed E-state index contributed by atoms with van der Waals surface area (Å²) < 4.78 is 1.59. The molecule has 0 spiro atoms. The first-order chi connectivity index (χ1) is 7.72. The largest absolute Gasteiger partial charge is 0.238 e. The zero-order valence-corrected chi connectivity index (χ0v) is 10.2. The Hall–Kier alpha value is -1.19. The van der Waals surface area contributed by atoms with Gasteiger partial charge < -0.3 is 0 Å². The Morgan fingerprint density at radius 1 is 1.31 bits per heavy atom. The molecule has 1 aromatic carbocycles. The van der Waals surface area contributed by atoms with Crippen molar-refractivity contribution in [3.63, 3.8) is 0 Å². The van der Waals surface area contributed by atoms with Gasteiger partial charge >= 0.3 is 0 Å². The molecule has 2 rings (SSSR count). The average molecular weight is 270 g/mol. The minimum Gasteiger partial charge on any atom is -0.238 e. The highest BCUT2D eigenvalue weighted by molar-refractivity contribution is 7.78. The highest BCUT2D eigenvalue weighted by atomic mass is 35.5. The second kappa shape index (κ2) is 4.76. The van der Waals surface area contributed by atoms with E-state index in [1.54, 1.807) is 35.3 Å². The van der Waals surface area contributed by atoms with Crippen LogP contribution in [0.2, 0.25) is 10.0 Å². The predicted molar refractivity (Wildman–Crippen MR) is 68.3 cm³/mol. The topological polar surface area (TPSA) is 30.2 Å². The van der Waals surface area contributed by atoms with Crippen molar-refractivity contribution in [1.29, 1.82) is 0 Å². The fraction of sp³-hybridized carbons (Fsp3) is 0. The van der Waals surface area contributed by atoms with E-state index in [2.05, 4.69) is 27.5 Å². The monoisotopic (exact) mass is 269 g/mol. The molecule has 0 unspecified atom stereocenters. The third kappa shape index (κ3) is 2.15. The van der Waals surface area contributed by atoms with E-state index >= 15 is 0 Å². The summed E-state index contributed by atoms with van der Waals surface area (Å²) in [5.74, 6) is 0. The van der Waals surface area contributed by atoms with E-state index in [1.807, 2.05) is 0 Å². The number of isothiocyanates is 1. The summed E-state index contributed by atoms with van der Waals surface area (Å²) >= 11 is 16.7. The number of hydrogen-bond acceptors (Lipinski definition) is 3. The molecule has 0 aliphatic heterocycles. The van der Waals surface area contributed by atoms with Crippen LogP contribution in [0.4, 0.5) is 5.69 Å². The number of hydrogen-bond donors (Lipinski definition) is 0. The quantitative estimate of drug-likeness (QED) is 0.611. The van der Waals surface area contributed by atoms with Crippen molar-refractivity contribution < 1.29 is 0 Å². The number of aromatic nitrogens is 2. The van der Waals surface area contributed by atoms with Crippen LogP contribution in [-0.2, 0) is 0 Å². The Morgan fingerprint density at radius 2 is 2.00 bits per heavy atom. The standard InChI is InChI=1S/C10H5Cl2N3S/c11-8-4-7(13-6-16)5-9(12)10(8)15-3-1-2-14-15/h1-5H. The number of nitrogens with zero attached hydrogens (tertiary/aromatic N) is 3. The first-order valence-electron chi connectivity index (χ1n) is 4.29. The summed E-state index contributed by atoms with van der Waals surface area (Å²) in [6, 6.07) is 5.10. The molecule has 0 N–H and O–H groups in total. The summed E-state index contributed by atoms with van der Waals surface area (Å²) in [5.41, 5.74) is 1.19. The molecule has 0 amide bonds. The Kier molecular flexibility index (Phi) is 3.36. The third-order valence-electron chi connectivity index (χ3n) is 1.91. The lowest BCUT2D eigenvalue weighted by Crippen LogP contribution is -1.96. The maximum atomic E-state index is 6.09. The summed E-state index contributed by atoms with van der Waals surface area (Å²) in [6.45, 7) is 0. The molecule has 0 bridgehead atoms. The van der Waals surface area contributed by atoms with Crippen LogP contribution in [0, 0.1) is 0 Å². The summed E-state index contributed by atoms with van der Waals surface area (Å²) in [4.78, 5) is 3.82. The normalized spacial score (nSPS) is 9.88. The predicted octanol–water partition coefficient (Wildman–Crippen LogP) is 3.91. The molecular weight excluding hydrogens is 265 g/mol. The molecule has 1 aromatic heterocycles. The van der Waals surface area contributed by atoms with E-state index in [4.69, 9.17) is 23.2 Å². The van der Waals surface area contributed by atoms with Crippen molar-refractivity contribution in [1.82, 2.24) is 9.78 Å². The zero-order valence-electron chi connectivity index (χ0n) is 7.89. The van der Waals surface area contributed by atoms with Gasteiger partial charge in [-0.15, -0.1) is 0 Å². The van der Waals surface area contributed by atoms with Crippen molar-refractivity contribution in [3.8, 4) is 5.69 Å². The van der Waals surface area contributed by atoms with Crippen LogP contribution in [-0.4, -0.2) is 14.9 Å². The highest BCUT2D eigenvalue weighted by Gasteiger charge is 2.10. The van der Waals surface area contributed by atoms with Gasteiger partial charge in [0.2, 0.25) is 0 Å². The van der Waals surface area contributed by atoms with Crippen molar-refractivity contribution in [2.75, 3.05) is 0 Å². The Labute approximate surface area is 107 Å². The number of thiocarbonyl (C=S) groups is 1. The van der Waals surface area contributed by atoms with Crippen LogP contribution in [0.15, 0.2) is 35.6 Å². The van der Waals surface area contributed by atoms with Gasteiger partial charge in [-0.3, -0.25) is 0 Å². The average Bonchev–Trinajstić information content (AvgIpc) is 2.70. The molecule has 6 heteroatoms. The molecule has 3 nitrogen and oxygen atoms in total. The molecule has 0 fully saturated rings. The molecule has 0 atom stereocenters. The van der Waals surface area contributed by atoms with Gasteiger partial charge in [0, 0.05) is 12.4 Å². The summed E-state index contributed by atoms with van der Waals surface area (Å²) in [7, 11) is 0. The van der Waals surface area contributed by atoms with Crippen LogP contribution in [0.1, 0.15) is 0 Å². The Morgan fingerprint density at radius 3 is 2.50 bits per heavy atom. The van der Waals surface area contributed by atoms with Crippen molar-refractivity contribution in [2.45, 2.75) is 0 Å². The number of halogens is 2. The van der Waals surface area contributed by atoms with Crippen molar-refractivity contribution in [2.24, 2.45) is 4.99 Å². The van der Waals surface area contributed by atoms with Gasteiger partial charge in [-0.25, -0.2) is 4.68 Å². The Balaban J connectivity index is 2.60. The fourth-order valence-electron chi connectivity index (χ4n) is 1.29. The fourth-order valence-corrected chi connectivity index (χ4v) is 2.04. The van der Waals surface area contributed by atoms with E-state index in [-0.39, 0.29) is 0 Å². The number of rotatable bonds is 2. The molecular formula is C10H5Cl2N3S.